The summed E-state index contributed by atoms with van der Waals surface area (Å²) in [6.45, 7) is 3.71. The summed E-state index contributed by atoms with van der Waals surface area (Å²) in [5, 5.41) is 8.67. The lowest BCUT2D eigenvalue weighted by atomic mass is 9.66. The Morgan fingerprint density at radius 1 is 0.870 bits per heavy atom. The van der Waals surface area contributed by atoms with Gasteiger partial charge in [-0.15, -0.1) is 10.2 Å². The molecule has 3 saturated heterocycles. The van der Waals surface area contributed by atoms with E-state index >= 15 is 0 Å². The lowest BCUT2D eigenvalue weighted by Crippen LogP contribution is -2.61. The first-order valence-corrected chi connectivity index (χ1v) is 8.63. The molecule has 4 heterocycles. The van der Waals surface area contributed by atoms with Gasteiger partial charge in [-0.05, 0) is 24.8 Å². The van der Waals surface area contributed by atoms with Gasteiger partial charge in [0, 0.05) is 43.1 Å². The number of rotatable bonds is 3. The van der Waals surface area contributed by atoms with E-state index in [4.69, 9.17) is 4.74 Å². The zero-order valence-electron chi connectivity index (χ0n) is 13.1. The molecule has 0 amide bonds. The quantitative estimate of drug-likeness (QED) is 0.874. The van der Waals surface area contributed by atoms with Crippen molar-refractivity contribution >= 4 is 0 Å². The van der Waals surface area contributed by atoms with E-state index in [1.54, 1.807) is 0 Å². The first-order valence-electron chi connectivity index (χ1n) is 8.63. The molecule has 4 fully saturated rings. The summed E-state index contributed by atoms with van der Waals surface area (Å²) >= 11 is 0. The average molecular weight is 307 g/mol. The summed E-state index contributed by atoms with van der Waals surface area (Å²) in [5.74, 6) is 2.93. The Morgan fingerprint density at radius 3 is 2.30 bits per heavy atom. The molecule has 2 aromatic rings. The Labute approximate surface area is 136 Å². The number of piperidine rings is 3. The fourth-order valence-electron chi connectivity index (χ4n) is 4.84. The topological polar surface area (TPSA) is 38.2 Å². The summed E-state index contributed by atoms with van der Waals surface area (Å²) in [7, 11) is 0. The van der Waals surface area contributed by atoms with Crippen LogP contribution < -0.4 is 4.74 Å². The van der Waals surface area contributed by atoms with Gasteiger partial charge in [-0.2, -0.15) is 0 Å². The fraction of sp³-hybridized carbons (Fsp3) is 0.474. The van der Waals surface area contributed by atoms with Gasteiger partial charge in [-0.3, -0.25) is 0 Å². The highest BCUT2D eigenvalue weighted by molar-refractivity contribution is 5.58. The molecule has 0 radical (unpaired) electrons. The zero-order chi connectivity index (χ0) is 15.2. The minimum absolute atomic E-state index is 0.333. The van der Waals surface area contributed by atoms with Crippen LogP contribution in [0, 0.1) is 17.8 Å². The Hall–Kier alpha value is -1.94. The highest BCUT2D eigenvalue weighted by Gasteiger charge is 2.48. The Balaban J connectivity index is 1.33. The van der Waals surface area contributed by atoms with Crippen LogP contribution in [0.4, 0.5) is 0 Å². The Kier molecular flexibility index (Phi) is 3.11. The zero-order valence-corrected chi connectivity index (χ0v) is 13.1. The molecule has 1 aliphatic carbocycles. The van der Waals surface area contributed by atoms with Crippen molar-refractivity contribution in [2.75, 3.05) is 19.6 Å². The summed E-state index contributed by atoms with van der Waals surface area (Å²) in [5.41, 5.74) is 1.99. The molecule has 0 N–H and O–H groups in total. The van der Waals surface area contributed by atoms with Gasteiger partial charge >= 0.3 is 0 Å². The van der Waals surface area contributed by atoms with E-state index < -0.39 is 0 Å². The third-order valence-corrected chi connectivity index (χ3v) is 5.67. The maximum Gasteiger partial charge on any atom is 0.233 e. The molecular formula is C19H21N3O. The average Bonchev–Trinajstić information content (AvgIpc) is 2.59. The minimum Gasteiger partial charge on any atom is -0.473 e. The Bertz CT molecular complexity index is 658. The lowest BCUT2D eigenvalue weighted by Gasteiger charge is -2.55. The molecule has 0 unspecified atom stereocenters. The molecule has 6 rings (SSSR count). The van der Waals surface area contributed by atoms with Crippen LogP contribution in [-0.4, -0.2) is 40.8 Å². The maximum absolute atomic E-state index is 6.28. The molecule has 2 atom stereocenters. The van der Waals surface area contributed by atoms with Crippen LogP contribution in [0.1, 0.15) is 12.8 Å². The van der Waals surface area contributed by atoms with Gasteiger partial charge in [-0.1, -0.05) is 30.3 Å². The van der Waals surface area contributed by atoms with Crippen molar-refractivity contribution in [3.05, 3.63) is 42.5 Å². The highest BCUT2D eigenvalue weighted by Crippen LogP contribution is 2.44. The predicted molar refractivity (Wildman–Crippen MR) is 88.0 cm³/mol. The summed E-state index contributed by atoms with van der Waals surface area (Å²) in [6, 6.07) is 14.1. The molecular weight excluding hydrogens is 286 g/mol. The van der Waals surface area contributed by atoms with Gasteiger partial charge in [0.1, 0.15) is 6.10 Å². The molecule has 4 nitrogen and oxygen atoms in total. The molecule has 4 heteroatoms. The summed E-state index contributed by atoms with van der Waals surface area (Å²) in [6.07, 6.45) is 2.99. The Morgan fingerprint density at radius 2 is 1.65 bits per heavy atom. The third kappa shape index (κ3) is 2.41. The normalized spacial score (nSPS) is 34.5. The molecule has 23 heavy (non-hydrogen) atoms. The smallest absolute Gasteiger partial charge is 0.233 e. The van der Waals surface area contributed by atoms with Crippen LogP contribution in [-0.2, 0) is 0 Å². The number of ether oxygens (including phenoxy) is 1. The van der Waals surface area contributed by atoms with Crippen LogP contribution in [0.15, 0.2) is 42.5 Å². The van der Waals surface area contributed by atoms with Gasteiger partial charge in [0.15, 0.2) is 0 Å². The van der Waals surface area contributed by atoms with E-state index in [1.807, 2.05) is 30.3 Å². The number of hydrogen-bond donors (Lipinski definition) is 0. The number of hydrogen-bond acceptors (Lipinski definition) is 4. The summed E-state index contributed by atoms with van der Waals surface area (Å²) in [4.78, 5) is 2.62. The van der Waals surface area contributed by atoms with Crippen LogP contribution in [0.25, 0.3) is 11.3 Å². The van der Waals surface area contributed by atoms with Crippen molar-refractivity contribution < 1.29 is 4.74 Å². The minimum atomic E-state index is 0.333. The molecule has 1 saturated carbocycles. The molecule has 4 bridgehead atoms. The second kappa shape index (κ2) is 5.31. The number of nitrogens with zero attached hydrogens (tertiary/aromatic N) is 3. The van der Waals surface area contributed by atoms with Crippen molar-refractivity contribution in [3.8, 4) is 17.1 Å². The second-order valence-corrected chi connectivity index (χ2v) is 7.28. The van der Waals surface area contributed by atoms with Gasteiger partial charge in [0.05, 0.1) is 5.69 Å². The van der Waals surface area contributed by atoms with Crippen LogP contribution in [0.2, 0.25) is 0 Å². The molecule has 1 aromatic carbocycles. The van der Waals surface area contributed by atoms with E-state index in [0.717, 1.165) is 17.2 Å². The van der Waals surface area contributed by atoms with Gasteiger partial charge in [0.2, 0.25) is 5.88 Å². The van der Waals surface area contributed by atoms with Crippen LogP contribution in [0.5, 0.6) is 5.88 Å². The van der Waals surface area contributed by atoms with Crippen LogP contribution >= 0.6 is 0 Å². The second-order valence-electron chi connectivity index (χ2n) is 7.28. The highest BCUT2D eigenvalue weighted by atomic mass is 16.5. The van der Waals surface area contributed by atoms with E-state index in [1.165, 1.54) is 32.5 Å². The first kappa shape index (κ1) is 13.5. The van der Waals surface area contributed by atoms with E-state index in [9.17, 15) is 0 Å². The van der Waals surface area contributed by atoms with Gasteiger partial charge in [0.25, 0.3) is 0 Å². The van der Waals surface area contributed by atoms with Crippen molar-refractivity contribution in [2.45, 2.75) is 18.9 Å². The van der Waals surface area contributed by atoms with Gasteiger partial charge in [-0.25, -0.2) is 0 Å². The van der Waals surface area contributed by atoms with Crippen molar-refractivity contribution in [2.24, 2.45) is 17.8 Å². The molecule has 118 valence electrons. The van der Waals surface area contributed by atoms with Crippen molar-refractivity contribution in [3.63, 3.8) is 0 Å². The summed E-state index contributed by atoms with van der Waals surface area (Å²) < 4.78 is 6.28. The van der Waals surface area contributed by atoms with Crippen molar-refractivity contribution in [1.82, 2.24) is 15.1 Å². The van der Waals surface area contributed by atoms with E-state index in [0.29, 0.717) is 23.8 Å². The monoisotopic (exact) mass is 307 g/mol. The SMILES string of the molecule is c1ccc(-c2ccc(OC3[C@H]4CC5C[C@H]3CN(C5)C4)nn2)cc1. The van der Waals surface area contributed by atoms with E-state index in [2.05, 4.69) is 27.2 Å². The standard InChI is InChI=1S/C19H21N3O/c1-2-4-14(5-3-1)17-6-7-18(21-20-17)23-19-15-8-13-9-16(19)12-22(10-13)11-15/h1-7,13,15-16,19H,8-12H2/t13?,15-,16-,19?/m0/s1. The molecule has 0 spiro atoms. The first-order chi connectivity index (χ1) is 11.3. The predicted octanol–water partition coefficient (Wildman–Crippen LogP) is 2.86. The molecule has 1 aromatic heterocycles. The van der Waals surface area contributed by atoms with E-state index in [-0.39, 0.29) is 0 Å². The number of aromatic nitrogens is 2. The lowest BCUT2D eigenvalue weighted by molar-refractivity contribution is -0.0999. The van der Waals surface area contributed by atoms with Crippen LogP contribution in [0.3, 0.4) is 0 Å². The number of benzene rings is 1. The largest absolute Gasteiger partial charge is 0.473 e. The van der Waals surface area contributed by atoms with Crippen molar-refractivity contribution in [1.29, 1.82) is 0 Å². The molecule has 4 aliphatic rings. The fourth-order valence-corrected chi connectivity index (χ4v) is 4.84. The third-order valence-electron chi connectivity index (χ3n) is 5.67. The van der Waals surface area contributed by atoms with Gasteiger partial charge < -0.3 is 9.64 Å². The maximum atomic E-state index is 6.28. The molecule has 3 aliphatic heterocycles.